The van der Waals surface area contributed by atoms with Crippen LogP contribution in [0.15, 0.2) is 0 Å². The Bertz CT molecular complexity index is 321. The van der Waals surface area contributed by atoms with Crippen LogP contribution in [0.2, 0.25) is 0 Å². The van der Waals surface area contributed by atoms with Crippen LogP contribution in [0.25, 0.3) is 0 Å². The van der Waals surface area contributed by atoms with Crippen molar-refractivity contribution in [3.05, 3.63) is 0 Å². The predicted molar refractivity (Wildman–Crippen MR) is 59.5 cm³/mol. The van der Waals surface area contributed by atoms with Gasteiger partial charge in [-0.15, -0.1) is 0 Å². The molecule has 6 heteroatoms. The normalized spacial score (nSPS) is 32.8. The highest BCUT2D eigenvalue weighted by Gasteiger charge is 2.35. The average Bonchev–Trinajstić information content (AvgIpc) is 2.86. The molecule has 0 radical (unpaired) electrons. The second-order valence-corrected chi connectivity index (χ2v) is 4.82. The second-order valence-electron chi connectivity index (χ2n) is 4.82. The number of amides is 2. The van der Waals surface area contributed by atoms with E-state index in [4.69, 9.17) is 5.11 Å². The van der Waals surface area contributed by atoms with Gasteiger partial charge in [0.25, 0.3) is 0 Å². The van der Waals surface area contributed by atoms with Gasteiger partial charge in [0.15, 0.2) is 0 Å². The number of aliphatic hydroxyl groups excluding tert-OH is 1. The molecule has 1 heterocycles. The smallest absolute Gasteiger partial charge is 0.317 e. The van der Waals surface area contributed by atoms with E-state index in [-0.39, 0.29) is 12.1 Å². The van der Waals surface area contributed by atoms with Crippen LogP contribution < -0.4 is 5.32 Å². The second kappa shape index (κ2) is 4.91. The maximum Gasteiger partial charge on any atom is 0.317 e. The molecule has 3 atom stereocenters. The number of urea groups is 1. The summed E-state index contributed by atoms with van der Waals surface area (Å²) in [5.74, 6) is -1.30. The molecule has 0 aromatic heterocycles. The zero-order valence-corrected chi connectivity index (χ0v) is 9.63. The molecule has 2 aliphatic rings. The van der Waals surface area contributed by atoms with Crippen LogP contribution in [0.4, 0.5) is 4.79 Å². The minimum Gasteiger partial charge on any atom is -0.481 e. The quantitative estimate of drug-likeness (QED) is 0.636. The molecule has 1 aliphatic carbocycles. The van der Waals surface area contributed by atoms with Crippen LogP contribution in [0.3, 0.4) is 0 Å². The largest absolute Gasteiger partial charge is 0.481 e. The molecule has 2 rings (SSSR count). The number of hydrogen-bond donors (Lipinski definition) is 3. The molecule has 96 valence electrons. The van der Waals surface area contributed by atoms with Gasteiger partial charge in [0.2, 0.25) is 0 Å². The van der Waals surface area contributed by atoms with Crippen molar-refractivity contribution in [1.29, 1.82) is 0 Å². The summed E-state index contributed by atoms with van der Waals surface area (Å²) in [6, 6.07) is -0.516. The number of β-amino-alcohol motifs (C(OH)–C–C–N with tert-alkyl or cyclic N) is 1. The molecule has 3 unspecified atom stereocenters. The summed E-state index contributed by atoms with van der Waals surface area (Å²) in [6.07, 6.45) is 2.34. The lowest BCUT2D eigenvalue weighted by Gasteiger charge is -2.22. The monoisotopic (exact) mass is 242 g/mol. The first-order valence-electron chi connectivity index (χ1n) is 6.04. The summed E-state index contributed by atoms with van der Waals surface area (Å²) in [7, 11) is 0. The molecule has 1 saturated carbocycles. The van der Waals surface area contributed by atoms with Crippen molar-refractivity contribution in [3.63, 3.8) is 0 Å². The SMILES string of the molecule is O=C(O)C1CCCC1NC(=O)N1CCC(O)C1. The van der Waals surface area contributed by atoms with Gasteiger partial charge >= 0.3 is 12.0 Å². The van der Waals surface area contributed by atoms with E-state index < -0.39 is 18.0 Å². The van der Waals surface area contributed by atoms with Gasteiger partial charge in [-0.3, -0.25) is 4.79 Å². The molecule has 1 saturated heterocycles. The lowest BCUT2D eigenvalue weighted by atomic mass is 10.0. The molecule has 0 bridgehead atoms. The Morgan fingerprint density at radius 2 is 2.00 bits per heavy atom. The number of nitrogens with one attached hydrogen (secondary N) is 1. The van der Waals surface area contributed by atoms with Crippen LogP contribution in [-0.4, -0.2) is 52.3 Å². The Balaban J connectivity index is 1.88. The van der Waals surface area contributed by atoms with Crippen molar-refractivity contribution in [2.75, 3.05) is 13.1 Å². The zero-order valence-electron chi connectivity index (χ0n) is 9.63. The van der Waals surface area contributed by atoms with Crippen LogP contribution in [-0.2, 0) is 4.79 Å². The van der Waals surface area contributed by atoms with Crippen molar-refractivity contribution in [2.45, 2.75) is 37.8 Å². The van der Waals surface area contributed by atoms with Gasteiger partial charge in [0, 0.05) is 19.1 Å². The first-order chi connectivity index (χ1) is 8.08. The Hall–Kier alpha value is -1.30. The van der Waals surface area contributed by atoms with Crippen molar-refractivity contribution in [2.24, 2.45) is 5.92 Å². The molecular formula is C11H18N2O4. The van der Waals surface area contributed by atoms with Crippen LogP contribution >= 0.6 is 0 Å². The van der Waals surface area contributed by atoms with Crippen molar-refractivity contribution in [1.82, 2.24) is 10.2 Å². The first kappa shape index (κ1) is 12.2. The number of carbonyl (C=O) groups excluding carboxylic acids is 1. The summed E-state index contributed by atoms with van der Waals surface area (Å²) in [4.78, 5) is 24.3. The van der Waals surface area contributed by atoms with Gasteiger partial charge in [-0.2, -0.15) is 0 Å². The first-order valence-corrected chi connectivity index (χ1v) is 6.04. The fourth-order valence-electron chi connectivity index (χ4n) is 2.60. The number of rotatable bonds is 2. The molecule has 6 nitrogen and oxygen atoms in total. The van der Waals surface area contributed by atoms with Gasteiger partial charge in [-0.1, -0.05) is 6.42 Å². The van der Waals surface area contributed by atoms with Gasteiger partial charge in [0.1, 0.15) is 0 Å². The number of carboxylic acid groups (broad SMARTS) is 1. The highest BCUT2D eigenvalue weighted by Crippen LogP contribution is 2.26. The van der Waals surface area contributed by atoms with E-state index >= 15 is 0 Å². The lowest BCUT2D eigenvalue weighted by Crippen LogP contribution is -2.46. The van der Waals surface area contributed by atoms with E-state index in [1.807, 2.05) is 0 Å². The fourth-order valence-corrected chi connectivity index (χ4v) is 2.60. The zero-order chi connectivity index (χ0) is 12.4. The van der Waals surface area contributed by atoms with E-state index in [2.05, 4.69) is 5.32 Å². The molecule has 0 spiro atoms. The summed E-state index contributed by atoms with van der Waals surface area (Å²) in [5.41, 5.74) is 0. The van der Waals surface area contributed by atoms with Crippen LogP contribution in [0.5, 0.6) is 0 Å². The Morgan fingerprint density at radius 1 is 1.24 bits per heavy atom. The van der Waals surface area contributed by atoms with Crippen molar-refractivity contribution in [3.8, 4) is 0 Å². The topological polar surface area (TPSA) is 89.9 Å². The maximum absolute atomic E-state index is 11.8. The number of carboxylic acids is 1. The van der Waals surface area contributed by atoms with Crippen LogP contribution in [0.1, 0.15) is 25.7 Å². The number of aliphatic hydroxyl groups is 1. The highest BCUT2D eigenvalue weighted by molar-refractivity contribution is 5.77. The molecule has 17 heavy (non-hydrogen) atoms. The summed E-state index contributed by atoms with van der Waals surface area (Å²) in [5, 5.41) is 21.1. The minimum absolute atomic E-state index is 0.250. The van der Waals surface area contributed by atoms with Crippen molar-refractivity contribution >= 4 is 12.0 Å². The third-order valence-corrected chi connectivity index (χ3v) is 3.59. The fraction of sp³-hybridized carbons (Fsp3) is 0.818. The minimum atomic E-state index is -0.839. The maximum atomic E-state index is 11.8. The van der Waals surface area contributed by atoms with Gasteiger partial charge in [-0.05, 0) is 19.3 Å². The van der Waals surface area contributed by atoms with E-state index in [1.54, 1.807) is 4.90 Å². The Morgan fingerprint density at radius 3 is 2.59 bits per heavy atom. The van der Waals surface area contributed by atoms with Crippen molar-refractivity contribution < 1.29 is 19.8 Å². The summed E-state index contributed by atoms with van der Waals surface area (Å²) < 4.78 is 0. The van der Waals surface area contributed by atoms with Gasteiger partial charge in [0.05, 0.1) is 12.0 Å². The van der Waals surface area contributed by atoms with Crippen LogP contribution in [0, 0.1) is 5.92 Å². The van der Waals surface area contributed by atoms with Gasteiger partial charge in [-0.25, -0.2) is 4.79 Å². The number of aliphatic carboxylic acids is 1. The lowest BCUT2D eigenvalue weighted by molar-refractivity contribution is -0.142. The number of hydrogen-bond acceptors (Lipinski definition) is 3. The number of nitrogens with zero attached hydrogens (tertiary/aromatic N) is 1. The Labute approximate surface area is 99.6 Å². The molecule has 0 aromatic rings. The highest BCUT2D eigenvalue weighted by atomic mass is 16.4. The summed E-state index contributed by atoms with van der Waals surface area (Å²) in [6.45, 7) is 0.883. The Kier molecular flexibility index (Phi) is 3.51. The number of likely N-dealkylation sites (tertiary alicyclic amines) is 1. The van der Waals surface area contributed by atoms with E-state index in [9.17, 15) is 14.7 Å². The molecule has 0 aromatic carbocycles. The molecule has 1 aliphatic heterocycles. The average molecular weight is 242 g/mol. The standard InChI is InChI=1S/C11H18N2O4/c14-7-4-5-13(6-7)11(17)12-9-3-1-2-8(9)10(15)16/h7-9,14H,1-6H2,(H,12,17)(H,15,16). The molecule has 2 fully saturated rings. The van der Waals surface area contributed by atoms with Gasteiger partial charge < -0.3 is 20.4 Å². The van der Waals surface area contributed by atoms with E-state index in [0.717, 1.165) is 12.8 Å². The third-order valence-electron chi connectivity index (χ3n) is 3.59. The molecule has 3 N–H and O–H groups in total. The predicted octanol–water partition coefficient (Wildman–Crippen LogP) is 0.0159. The molecule has 2 amide bonds. The molecular weight excluding hydrogens is 224 g/mol. The third kappa shape index (κ3) is 2.69. The van der Waals surface area contributed by atoms with E-state index in [0.29, 0.717) is 25.9 Å². The summed E-state index contributed by atoms with van der Waals surface area (Å²) >= 11 is 0. The number of carbonyl (C=O) groups is 2. The van der Waals surface area contributed by atoms with E-state index in [1.165, 1.54) is 0 Å².